The number of nitrogens with one attached hydrogen (secondary N) is 2. The zero-order valence-corrected chi connectivity index (χ0v) is 14.5. The minimum atomic E-state index is -0.248. The molecule has 1 amide bonds. The smallest absolute Gasteiger partial charge is 0.273 e. The average molecular weight is 354 g/mol. The molecule has 0 bridgehead atoms. The summed E-state index contributed by atoms with van der Waals surface area (Å²) in [6, 6.07) is 2.34. The highest BCUT2D eigenvalue weighted by molar-refractivity contribution is 5.91. The maximum Gasteiger partial charge on any atom is 0.273 e. The standard InChI is InChI=1S/C17H22N8O/c26-17(20-10-13-11-21-25-8-3-7-19-16(13)25)15-12-24(23-22-15)9-5-14-4-1-2-6-18-14/h3,7-8,11-12,14,18H,1-2,4-6,9-10H2,(H,20,26)/t14-/m0/s1. The van der Waals surface area contributed by atoms with E-state index in [-0.39, 0.29) is 5.91 Å². The number of piperidine rings is 1. The molecule has 1 aliphatic heterocycles. The predicted molar refractivity (Wildman–Crippen MR) is 94.4 cm³/mol. The van der Waals surface area contributed by atoms with Crippen molar-refractivity contribution >= 4 is 11.6 Å². The molecule has 4 heterocycles. The Morgan fingerprint density at radius 3 is 3.23 bits per heavy atom. The van der Waals surface area contributed by atoms with Gasteiger partial charge in [-0.1, -0.05) is 11.6 Å². The molecule has 3 aromatic heterocycles. The number of rotatable bonds is 6. The summed E-state index contributed by atoms with van der Waals surface area (Å²) < 4.78 is 3.42. The number of aryl methyl sites for hydroxylation is 1. The predicted octanol–water partition coefficient (Wildman–Crippen LogP) is 0.783. The third-order valence-electron chi connectivity index (χ3n) is 4.68. The summed E-state index contributed by atoms with van der Waals surface area (Å²) in [5.74, 6) is -0.248. The first-order valence-corrected chi connectivity index (χ1v) is 8.98. The molecule has 0 aromatic carbocycles. The molecular formula is C17H22N8O. The summed E-state index contributed by atoms with van der Waals surface area (Å²) in [6.07, 6.45) is 11.7. The van der Waals surface area contributed by atoms with Crippen molar-refractivity contribution in [1.82, 2.24) is 40.2 Å². The van der Waals surface area contributed by atoms with Crippen LogP contribution in [-0.4, -0.2) is 48.1 Å². The van der Waals surface area contributed by atoms with E-state index >= 15 is 0 Å². The van der Waals surface area contributed by atoms with Crippen LogP contribution in [0.5, 0.6) is 0 Å². The molecule has 0 saturated carbocycles. The summed E-state index contributed by atoms with van der Waals surface area (Å²) in [5, 5.41) is 18.6. The van der Waals surface area contributed by atoms with Crippen LogP contribution in [0.4, 0.5) is 0 Å². The minimum Gasteiger partial charge on any atom is -0.346 e. The SMILES string of the molecule is O=C(NCc1cnn2cccnc12)c1cn(CC[C@@H]2CCCCN2)nn1. The molecule has 136 valence electrons. The van der Waals surface area contributed by atoms with Gasteiger partial charge in [-0.15, -0.1) is 5.10 Å². The van der Waals surface area contributed by atoms with Crippen molar-refractivity contribution in [2.45, 2.75) is 44.8 Å². The molecule has 4 rings (SSSR count). The first-order chi connectivity index (χ1) is 12.8. The van der Waals surface area contributed by atoms with Crippen LogP contribution in [-0.2, 0) is 13.1 Å². The third-order valence-corrected chi connectivity index (χ3v) is 4.68. The first kappa shape index (κ1) is 16.6. The van der Waals surface area contributed by atoms with Crippen molar-refractivity contribution in [3.05, 3.63) is 42.1 Å². The van der Waals surface area contributed by atoms with Gasteiger partial charge >= 0.3 is 0 Å². The fraction of sp³-hybridized carbons (Fsp3) is 0.471. The van der Waals surface area contributed by atoms with Gasteiger partial charge in [0.2, 0.25) is 0 Å². The highest BCUT2D eigenvalue weighted by atomic mass is 16.2. The number of carbonyl (C=O) groups is 1. The van der Waals surface area contributed by atoms with Gasteiger partial charge in [-0.05, 0) is 31.9 Å². The quantitative estimate of drug-likeness (QED) is 0.678. The number of nitrogens with zero attached hydrogens (tertiary/aromatic N) is 6. The van der Waals surface area contributed by atoms with Crippen LogP contribution in [0, 0.1) is 0 Å². The highest BCUT2D eigenvalue weighted by Gasteiger charge is 2.15. The van der Waals surface area contributed by atoms with Crippen molar-refractivity contribution in [3.63, 3.8) is 0 Å². The van der Waals surface area contributed by atoms with Crippen molar-refractivity contribution in [3.8, 4) is 0 Å². The summed E-state index contributed by atoms with van der Waals surface area (Å²) in [6.45, 7) is 2.20. The number of fused-ring (bicyclic) bond motifs is 1. The van der Waals surface area contributed by atoms with E-state index in [0.717, 1.165) is 30.7 Å². The molecule has 1 aliphatic rings. The molecule has 0 unspecified atom stereocenters. The van der Waals surface area contributed by atoms with Crippen LogP contribution in [0.1, 0.15) is 41.7 Å². The summed E-state index contributed by atoms with van der Waals surface area (Å²) in [5.41, 5.74) is 1.91. The van der Waals surface area contributed by atoms with Crippen LogP contribution >= 0.6 is 0 Å². The lowest BCUT2D eigenvalue weighted by atomic mass is 10.0. The van der Waals surface area contributed by atoms with Crippen LogP contribution in [0.15, 0.2) is 30.9 Å². The van der Waals surface area contributed by atoms with Gasteiger partial charge in [0.05, 0.1) is 12.4 Å². The Bertz CT molecular complexity index is 880. The van der Waals surface area contributed by atoms with Crippen molar-refractivity contribution < 1.29 is 4.79 Å². The second-order valence-electron chi connectivity index (χ2n) is 6.54. The summed E-state index contributed by atoms with van der Waals surface area (Å²) in [7, 11) is 0. The zero-order chi connectivity index (χ0) is 17.8. The fourth-order valence-electron chi connectivity index (χ4n) is 3.24. The number of carbonyl (C=O) groups excluding carboxylic acids is 1. The number of aromatic nitrogens is 6. The molecule has 9 heteroatoms. The number of hydrogen-bond acceptors (Lipinski definition) is 6. The third kappa shape index (κ3) is 3.72. The van der Waals surface area contributed by atoms with Crippen LogP contribution < -0.4 is 10.6 Å². The number of amides is 1. The van der Waals surface area contributed by atoms with Crippen LogP contribution in [0.25, 0.3) is 5.65 Å². The van der Waals surface area contributed by atoms with Gasteiger partial charge in [-0.2, -0.15) is 5.10 Å². The van der Waals surface area contributed by atoms with E-state index < -0.39 is 0 Å². The topological polar surface area (TPSA) is 102 Å². The summed E-state index contributed by atoms with van der Waals surface area (Å²) >= 11 is 0. The van der Waals surface area contributed by atoms with Gasteiger partial charge in [0.15, 0.2) is 11.3 Å². The lowest BCUT2D eigenvalue weighted by Crippen LogP contribution is -2.34. The average Bonchev–Trinajstić information content (AvgIpc) is 3.32. The Morgan fingerprint density at radius 1 is 1.38 bits per heavy atom. The molecule has 3 aromatic rings. The zero-order valence-electron chi connectivity index (χ0n) is 14.5. The van der Waals surface area contributed by atoms with Gasteiger partial charge in [0.25, 0.3) is 5.91 Å². The van der Waals surface area contributed by atoms with E-state index in [4.69, 9.17) is 0 Å². The van der Waals surface area contributed by atoms with E-state index in [2.05, 4.69) is 31.0 Å². The van der Waals surface area contributed by atoms with E-state index in [1.807, 2.05) is 12.3 Å². The molecule has 0 spiro atoms. The van der Waals surface area contributed by atoms with Gasteiger partial charge < -0.3 is 10.6 Å². The highest BCUT2D eigenvalue weighted by Crippen LogP contribution is 2.11. The first-order valence-electron chi connectivity index (χ1n) is 8.98. The Morgan fingerprint density at radius 2 is 2.35 bits per heavy atom. The van der Waals surface area contributed by atoms with Gasteiger partial charge in [0, 0.05) is 37.1 Å². The van der Waals surface area contributed by atoms with Gasteiger partial charge in [0.1, 0.15) is 0 Å². The minimum absolute atomic E-state index is 0.248. The van der Waals surface area contributed by atoms with E-state index in [0.29, 0.717) is 18.3 Å². The molecule has 0 radical (unpaired) electrons. The van der Waals surface area contributed by atoms with E-state index in [1.54, 1.807) is 27.8 Å². The maximum absolute atomic E-state index is 12.3. The maximum atomic E-state index is 12.3. The second kappa shape index (κ2) is 7.61. The Balaban J connectivity index is 1.31. The number of hydrogen-bond donors (Lipinski definition) is 2. The van der Waals surface area contributed by atoms with Gasteiger partial charge in [-0.25, -0.2) is 9.50 Å². The molecule has 2 N–H and O–H groups in total. The Hall–Kier alpha value is -2.81. The van der Waals surface area contributed by atoms with Crippen molar-refractivity contribution in [1.29, 1.82) is 0 Å². The van der Waals surface area contributed by atoms with Crippen LogP contribution in [0.3, 0.4) is 0 Å². The normalized spacial score (nSPS) is 17.5. The Labute approximate surface area is 150 Å². The van der Waals surface area contributed by atoms with Crippen molar-refractivity contribution in [2.75, 3.05) is 6.54 Å². The lowest BCUT2D eigenvalue weighted by molar-refractivity contribution is 0.0946. The van der Waals surface area contributed by atoms with E-state index in [1.165, 1.54) is 19.3 Å². The molecular weight excluding hydrogens is 332 g/mol. The van der Waals surface area contributed by atoms with E-state index in [9.17, 15) is 4.79 Å². The molecule has 1 atom stereocenters. The molecule has 1 fully saturated rings. The molecule has 9 nitrogen and oxygen atoms in total. The lowest BCUT2D eigenvalue weighted by Gasteiger charge is -2.23. The fourth-order valence-corrected chi connectivity index (χ4v) is 3.24. The van der Waals surface area contributed by atoms with Crippen molar-refractivity contribution in [2.24, 2.45) is 0 Å². The molecule has 26 heavy (non-hydrogen) atoms. The molecule has 0 aliphatic carbocycles. The van der Waals surface area contributed by atoms with Crippen LogP contribution in [0.2, 0.25) is 0 Å². The largest absolute Gasteiger partial charge is 0.346 e. The van der Waals surface area contributed by atoms with Gasteiger partial charge in [-0.3, -0.25) is 9.48 Å². The second-order valence-corrected chi connectivity index (χ2v) is 6.54. The molecule has 1 saturated heterocycles. The summed E-state index contributed by atoms with van der Waals surface area (Å²) in [4.78, 5) is 16.6. The monoisotopic (exact) mass is 354 g/mol. The Kier molecular flexibility index (Phi) is 4.87.